The highest BCUT2D eigenvalue weighted by Gasteiger charge is 2.41. The minimum absolute atomic E-state index is 0.0321. The zero-order valence-electron chi connectivity index (χ0n) is 10.7. The number of rotatable bonds is 3. The molecule has 0 aromatic heterocycles. The van der Waals surface area contributed by atoms with E-state index in [2.05, 4.69) is 0 Å². The zero-order chi connectivity index (χ0) is 14.9. The standard InChI is InChI=1S/C13H14ClNO4S/c1-2-11-15(9(6-20-11)13(18)19)12(17)8-5-7(14)3-4-10(8)16/h3-5,9,11,16H,2,6H2,1H3,(H,18,19). The summed E-state index contributed by atoms with van der Waals surface area (Å²) in [7, 11) is 0. The largest absolute Gasteiger partial charge is 0.507 e. The van der Waals surface area contributed by atoms with Gasteiger partial charge in [0.15, 0.2) is 0 Å². The second-order valence-corrected chi connectivity index (χ2v) is 6.07. The molecule has 0 spiro atoms. The van der Waals surface area contributed by atoms with Crippen LogP contribution in [0.4, 0.5) is 0 Å². The van der Waals surface area contributed by atoms with Crippen molar-refractivity contribution in [3.63, 3.8) is 0 Å². The molecule has 0 radical (unpaired) electrons. The van der Waals surface area contributed by atoms with Gasteiger partial charge in [-0.15, -0.1) is 11.8 Å². The monoisotopic (exact) mass is 315 g/mol. The maximum absolute atomic E-state index is 12.5. The van der Waals surface area contributed by atoms with E-state index in [4.69, 9.17) is 11.6 Å². The molecule has 5 nitrogen and oxygen atoms in total. The SMILES string of the molecule is CCC1SCC(C(=O)O)N1C(=O)c1cc(Cl)ccc1O. The van der Waals surface area contributed by atoms with Gasteiger partial charge in [0.05, 0.1) is 10.9 Å². The van der Waals surface area contributed by atoms with Crippen molar-refractivity contribution < 1.29 is 19.8 Å². The summed E-state index contributed by atoms with van der Waals surface area (Å²) in [5.41, 5.74) is 0.0321. The molecule has 2 N–H and O–H groups in total. The van der Waals surface area contributed by atoms with Crippen LogP contribution < -0.4 is 0 Å². The van der Waals surface area contributed by atoms with Crippen LogP contribution in [0, 0.1) is 0 Å². The van der Waals surface area contributed by atoms with Gasteiger partial charge in [-0.1, -0.05) is 18.5 Å². The second kappa shape index (κ2) is 5.93. The van der Waals surface area contributed by atoms with Gasteiger partial charge in [0, 0.05) is 10.8 Å². The number of aromatic hydroxyl groups is 1. The Kier molecular flexibility index (Phi) is 4.45. The number of hydrogen-bond donors (Lipinski definition) is 2. The van der Waals surface area contributed by atoms with Gasteiger partial charge in [0.1, 0.15) is 11.8 Å². The molecule has 2 unspecified atom stereocenters. The van der Waals surface area contributed by atoms with Gasteiger partial charge < -0.3 is 15.1 Å². The third-order valence-corrected chi connectivity index (χ3v) is 4.84. The molecule has 7 heteroatoms. The Hall–Kier alpha value is -1.40. The Bertz CT molecular complexity index is 551. The van der Waals surface area contributed by atoms with E-state index in [1.807, 2.05) is 6.92 Å². The van der Waals surface area contributed by atoms with Crippen LogP contribution in [0.15, 0.2) is 18.2 Å². The fourth-order valence-electron chi connectivity index (χ4n) is 2.16. The molecule has 0 bridgehead atoms. The van der Waals surface area contributed by atoms with Gasteiger partial charge in [0.25, 0.3) is 5.91 Å². The van der Waals surface area contributed by atoms with Gasteiger partial charge in [-0.3, -0.25) is 4.79 Å². The molecule has 2 rings (SSSR count). The molecule has 1 heterocycles. The first-order chi connectivity index (χ1) is 9.45. The van der Waals surface area contributed by atoms with E-state index in [1.165, 1.54) is 34.9 Å². The van der Waals surface area contributed by atoms with E-state index < -0.39 is 17.9 Å². The van der Waals surface area contributed by atoms with Crippen molar-refractivity contribution in [3.05, 3.63) is 28.8 Å². The van der Waals surface area contributed by atoms with Crippen LogP contribution in [0.3, 0.4) is 0 Å². The molecule has 1 fully saturated rings. The second-order valence-electron chi connectivity index (χ2n) is 4.42. The van der Waals surface area contributed by atoms with Crippen molar-refractivity contribution in [1.29, 1.82) is 0 Å². The van der Waals surface area contributed by atoms with Crippen molar-refractivity contribution in [2.45, 2.75) is 24.8 Å². The number of amides is 1. The molecular formula is C13H14ClNO4S. The lowest BCUT2D eigenvalue weighted by molar-refractivity contribution is -0.141. The summed E-state index contributed by atoms with van der Waals surface area (Å²) in [6.07, 6.45) is 0.640. The van der Waals surface area contributed by atoms with Crippen molar-refractivity contribution in [2.75, 3.05) is 5.75 Å². The van der Waals surface area contributed by atoms with Crippen LogP contribution in [0.25, 0.3) is 0 Å². The van der Waals surface area contributed by atoms with Gasteiger partial charge in [-0.25, -0.2) is 4.79 Å². The van der Waals surface area contributed by atoms with Gasteiger partial charge in [-0.2, -0.15) is 0 Å². The molecule has 2 atom stereocenters. The molecule has 1 amide bonds. The summed E-state index contributed by atoms with van der Waals surface area (Å²) < 4.78 is 0. The van der Waals surface area contributed by atoms with Crippen LogP contribution >= 0.6 is 23.4 Å². The van der Waals surface area contributed by atoms with Gasteiger partial charge in [0.2, 0.25) is 0 Å². The predicted molar refractivity (Wildman–Crippen MR) is 77.2 cm³/mol. The lowest BCUT2D eigenvalue weighted by Crippen LogP contribution is -2.45. The molecule has 1 aromatic rings. The Morgan fingerprint density at radius 1 is 1.50 bits per heavy atom. The molecule has 0 saturated carbocycles. The number of hydrogen-bond acceptors (Lipinski definition) is 4. The summed E-state index contributed by atoms with van der Waals surface area (Å²) in [6.45, 7) is 1.89. The smallest absolute Gasteiger partial charge is 0.327 e. The average Bonchev–Trinajstić information content (AvgIpc) is 2.84. The number of carbonyl (C=O) groups excluding carboxylic acids is 1. The minimum atomic E-state index is -1.04. The lowest BCUT2D eigenvalue weighted by atomic mass is 10.1. The fraction of sp³-hybridized carbons (Fsp3) is 0.385. The van der Waals surface area contributed by atoms with Crippen molar-refractivity contribution in [3.8, 4) is 5.75 Å². The highest BCUT2D eigenvalue weighted by Crippen LogP contribution is 2.34. The molecule has 20 heavy (non-hydrogen) atoms. The van der Waals surface area contributed by atoms with Crippen LogP contribution in [0.5, 0.6) is 5.75 Å². The lowest BCUT2D eigenvalue weighted by Gasteiger charge is -2.27. The van der Waals surface area contributed by atoms with Gasteiger partial charge in [-0.05, 0) is 24.6 Å². The molecule has 1 aliphatic rings. The summed E-state index contributed by atoms with van der Waals surface area (Å²) in [6, 6.07) is 3.28. The van der Waals surface area contributed by atoms with E-state index in [0.29, 0.717) is 17.2 Å². The summed E-state index contributed by atoms with van der Waals surface area (Å²) >= 11 is 7.26. The van der Waals surface area contributed by atoms with E-state index in [-0.39, 0.29) is 16.7 Å². The van der Waals surface area contributed by atoms with Crippen molar-refractivity contribution >= 4 is 35.2 Å². The Balaban J connectivity index is 2.38. The number of carboxylic acids is 1. The number of aliphatic carboxylic acids is 1. The molecule has 0 aliphatic carbocycles. The number of benzene rings is 1. The highest BCUT2D eigenvalue weighted by molar-refractivity contribution is 8.00. The Morgan fingerprint density at radius 2 is 2.20 bits per heavy atom. The maximum Gasteiger partial charge on any atom is 0.327 e. The first-order valence-corrected chi connectivity index (χ1v) is 7.54. The maximum atomic E-state index is 12.5. The highest BCUT2D eigenvalue weighted by atomic mass is 35.5. The Morgan fingerprint density at radius 3 is 2.80 bits per heavy atom. The predicted octanol–water partition coefficient (Wildman–Crippen LogP) is 2.42. The average molecular weight is 316 g/mol. The van der Waals surface area contributed by atoms with Crippen LogP contribution in [-0.4, -0.2) is 44.2 Å². The zero-order valence-corrected chi connectivity index (χ0v) is 12.3. The first-order valence-electron chi connectivity index (χ1n) is 6.11. The number of phenolic OH excluding ortho intramolecular Hbond substituents is 1. The first kappa shape index (κ1) is 15.0. The van der Waals surface area contributed by atoms with E-state index >= 15 is 0 Å². The summed E-state index contributed by atoms with van der Waals surface area (Å²) in [4.78, 5) is 25.1. The quantitative estimate of drug-likeness (QED) is 0.895. The third-order valence-electron chi connectivity index (χ3n) is 3.15. The summed E-state index contributed by atoms with van der Waals surface area (Å²) in [5, 5.41) is 19.1. The number of carboxylic acid groups (broad SMARTS) is 1. The fourth-order valence-corrected chi connectivity index (χ4v) is 3.68. The third kappa shape index (κ3) is 2.71. The van der Waals surface area contributed by atoms with E-state index in [1.54, 1.807) is 0 Å². The molecular weight excluding hydrogens is 302 g/mol. The topological polar surface area (TPSA) is 77.8 Å². The molecule has 1 aromatic carbocycles. The van der Waals surface area contributed by atoms with E-state index in [0.717, 1.165) is 0 Å². The molecule has 108 valence electrons. The van der Waals surface area contributed by atoms with Gasteiger partial charge >= 0.3 is 5.97 Å². The minimum Gasteiger partial charge on any atom is -0.507 e. The Labute approximate surface area is 125 Å². The number of phenols is 1. The normalized spacial score (nSPS) is 22.0. The van der Waals surface area contributed by atoms with E-state index in [9.17, 15) is 19.8 Å². The van der Waals surface area contributed by atoms with Crippen molar-refractivity contribution in [2.24, 2.45) is 0 Å². The molecule has 1 saturated heterocycles. The summed E-state index contributed by atoms with van der Waals surface area (Å²) in [5.74, 6) is -1.39. The van der Waals surface area contributed by atoms with Crippen LogP contribution in [0.2, 0.25) is 5.02 Å². The van der Waals surface area contributed by atoms with Crippen molar-refractivity contribution in [1.82, 2.24) is 4.90 Å². The molecule has 1 aliphatic heterocycles. The van der Waals surface area contributed by atoms with Crippen LogP contribution in [-0.2, 0) is 4.79 Å². The number of thioether (sulfide) groups is 1. The number of carbonyl (C=O) groups is 2. The van der Waals surface area contributed by atoms with Crippen LogP contribution in [0.1, 0.15) is 23.7 Å². The number of halogens is 1. The number of nitrogens with zero attached hydrogens (tertiary/aromatic N) is 1.